The van der Waals surface area contributed by atoms with Crippen LogP contribution in [-0.2, 0) is 4.74 Å². The number of nitrogens with one attached hydrogen (secondary N) is 1. The number of benzene rings is 1. The van der Waals surface area contributed by atoms with Crippen molar-refractivity contribution in [3.63, 3.8) is 0 Å². The van der Waals surface area contributed by atoms with Crippen molar-refractivity contribution < 1.29 is 9.53 Å². The number of ether oxygens (including phenoxy) is 1. The normalized spacial score (nSPS) is 15.0. The van der Waals surface area contributed by atoms with Crippen LogP contribution in [0.4, 0.5) is 0 Å². The van der Waals surface area contributed by atoms with Crippen molar-refractivity contribution in [1.29, 1.82) is 0 Å². The van der Waals surface area contributed by atoms with Gasteiger partial charge in [0.15, 0.2) is 0 Å². The van der Waals surface area contributed by atoms with Crippen LogP contribution >= 0.6 is 11.6 Å². The molecule has 0 spiro atoms. The Balaban J connectivity index is 2.00. The van der Waals surface area contributed by atoms with Gasteiger partial charge in [0.25, 0.3) is 11.9 Å². The number of amides is 1. The van der Waals surface area contributed by atoms with E-state index in [1.807, 2.05) is 6.92 Å². The molecule has 4 nitrogen and oxygen atoms in total. The Morgan fingerprint density at radius 2 is 2.20 bits per heavy atom. The average molecular weight is 295 g/mol. The van der Waals surface area contributed by atoms with E-state index < -0.39 is 0 Å². The van der Waals surface area contributed by atoms with Crippen molar-refractivity contribution in [2.75, 3.05) is 13.2 Å². The molecule has 0 aromatic heterocycles. The van der Waals surface area contributed by atoms with E-state index in [1.54, 1.807) is 24.3 Å². The molecule has 0 radical (unpaired) electrons. The minimum atomic E-state index is -0.291. The molecular weight excluding hydrogens is 276 g/mol. The molecular formula is C15H19ClN2O2. The second kappa shape index (κ2) is 7.29. The minimum Gasteiger partial charge on any atom is -0.465 e. The smallest absolute Gasteiger partial charge is 0.291 e. The van der Waals surface area contributed by atoms with Crippen LogP contribution in [0.15, 0.2) is 29.3 Å². The van der Waals surface area contributed by atoms with Crippen LogP contribution in [-0.4, -0.2) is 25.1 Å². The van der Waals surface area contributed by atoms with Crippen LogP contribution in [0, 0.1) is 5.92 Å². The summed E-state index contributed by atoms with van der Waals surface area (Å²) in [6.07, 6.45) is 3.29. The molecule has 1 amide bonds. The molecule has 0 heterocycles. The van der Waals surface area contributed by atoms with Crippen LogP contribution in [0.3, 0.4) is 0 Å². The lowest BCUT2D eigenvalue weighted by molar-refractivity contribution is 0.0965. The number of rotatable bonds is 5. The molecule has 108 valence electrons. The Hall–Kier alpha value is -1.55. The molecule has 1 saturated carbocycles. The molecule has 0 atom stereocenters. The summed E-state index contributed by atoms with van der Waals surface area (Å²) in [6.45, 7) is 3.25. The maximum Gasteiger partial charge on any atom is 0.291 e. The van der Waals surface area contributed by atoms with E-state index in [4.69, 9.17) is 16.3 Å². The number of hydrogen-bond donors (Lipinski definition) is 1. The number of carbonyl (C=O) groups is 1. The molecule has 20 heavy (non-hydrogen) atoms. The summed E-state index contributed by atoms with van der Waals surface area (Å²) in [5.41, 5.74) is 0.424. The maximum atomic E-state index is 12.1. The van der Waals surface area contributed by atoms with Gasteiger partial charge in [0.05, 0.1) is 17.2 Å². The van der Waals surface area contributed by atoms with Gasteiger partial charge < -0.3 is 4.74 Å². The Morgan fingerprint density at radius 3 is 2.85 bits per heavy atom. The molecule has 2 rings (SSSR count). The Morgan fingerprint density at radius 1 is 1.45 bits per heavy atom. The molecule has 1 aromatic carbocycles. The zero-order valence-corrected chi connectivity index (χ0v) is 12.3. The highest BCUT2D eigenvalue weighted by molar-refractivity contribution is 6.34. The van der Waals surface area contributed by atoms with Gasteiger partial charge in [0.2, 0.25) is 0 Å². The first-order chi connectivity index (χ1) is 9.70. The fraction of sp³-hybridized carbons (Fsp3) is 0.467. The second-order valence-corrected chi connectivity index (χ2v) is 5.28. The largest absolute Gasteiger partial charge is 0.465 e. The van der Waals surface area contributed by atoms with Gasteiger partial charge in [0, 0.05) is 6.54 Å². The minimum absolute atomic E-state index is 0.291. The van der Waals surface area contributed by atoms with Gasteiger partial charge in [-0.25, -0.2) is 4.99 Å². The van der Waals surface area contributed by atoms with Gasteiger partial charge in [-0.05, 0) is 37.3 Å². The molecule has 1 aliphatic carbocycles. The summed E-state index contributed by atoms with van der Waals surface area (Å²) in [7, 11) is 0. The molecule has 1 N–H and O–H groups in total. The van der Waals surface area contributed by atoms with Crippen LogP contribution in [0.5, 0.6) is 0 Å². The summed E-state index contributed by atoms with van der Waals surface area (Å²) in [5.74, 6) is 0.355. The van der Waals surface area contributed by atoms with Gasteiger partial charge in [-0.2, -0.15) is 0 Å². The topological polar surface area (TPSA) is 50.7 Å². The van der Waals surface area contributed by atoms with Gasteiger partial charge in [-0.1, -0.05) is 30.7 Å². The van der Waals surface area contributed by atoms with Crippen molar-refractivity contribution in [2.45, 2.75) is 26.2 Å². The van der Waals surface area contributed by atoms with E-state index in [-0.39, 0.29) is 5.91 Å². The Labute approximate surface area is 124 Å². The van der Waals surface area contributed by atoms with Crippen molar-refractivity contribution in [3.05, 3.63) is 34.9 Å². The fourth-order valence-electron chi connectivity index (χ4n) is 1.64. The first-order valence-electron chi connectivity index (χ1n) is 6.93. The summed E-state index contributed by atoms with van der Waals surface area (Å²) in [4.78, 5) is 16.5. The highest BCUT2D eigenvalue weighted by Crippen LogP contribution is 2.28. The fourth-order valence-corrected chi connectivity index (χ4v) is 1.86. The van der Waals surface area contributed by atoms with Gasteiger partial charge >= 0.3 is 0 Å². The number of hydrogen-bond acceptors (Lipinski definition) is 3. The van der Waals surface area contributed by atoms with E-state index in [1.165, 1.54) is 12.8 Å². The number of amidine groups is 1. The van der Waals surface area contributed by atoms with E-state index in [2.05, 4.69) is 10.3 Å². The third-order valence-corrected chi connectivity index (χ3v) is 3.30. The number of aliphatic imine (C=N–C) groups is 1. The Bertz CT molecular complexity index is 498. The molecule has 0 bridgehead atoms. The summed E-state index contributed by atoms with van der Waals surface area (Å²) in [6, 6.07) is 7.22. The van der Waals surface area contributed by atoms with Crippen molar-refractivity contribution in [1.82, 2.24) is 5.32 Å². The summed E-state index contributed by atoms with van der Waals surface area (Å²) < 4.78 is 5.48. The molecule has 1 aromatic rings. The van der Waals surface area contributed by atoms with E-state index in [9.17, 15) is 4.79 Å². The van der Waals surface area contributed by atoms with Crippen LogP contribution in [0.1, 0.15) is 36.5 Å². The third-order valence-electron chi connectivity index (χ3n) is 2.97. The molecule has 0 unspecified atom stereocenters. The summed E-state index contributed by atoms with van der Waals surface area (Å²) >= 11 is 6.00. The zero-order valence-electron chi connectivity index (χ0n) is 11.6. The number of carbonyl (C=O) groups excluding carboxylic acids is 1. The number of nitrogens with zero attached hydrogens (tertiary/aromatic N) is 1. The lowest BCUT2D eigenvalue weighted by Crippen LogP contribution is -2.33. The van der Waals surface area contributed by atoms with E-state index in [0.29, 0.717) is 35.7 Å². The van der Waals surface area contributed by atoms with Crippen molar-refractivity contribution in [2.24, 2.45) is 10.9 Å². The molecule has 0 saturated heterocycles. The van der Waals surface area contributed by atoms with E-state index >= 15 is 0 Å². The highest BCUT2D eigenvalue weighted by atomic mass is 35.5. The van der Waals surface area contributed by atoms with Crippen molar-refractivity contribution in [3.8, 4) is 0 Å². The lowest BCUT2D eigenvalue weighted by Gasteiger charge is -2.10. The third kappa shape index (κ3) is 4.53. The molecule has 1 aliphatic rings. The van der Waals surface area contributed by atoms with Crippen LogP contribution in [0.25, 0.3) is 0 Å². The summed E-state index contributed by atoms with van der Waals surface area (Å²) in [5, 5.41) is 3.12. The van der Waals surface area contributed by atoms with Gasteiger partial charge in [0.1, 0.15) is 0 Å². The predicted molar refractivity (Wildman–Crippen MR) is 80.2 cm³/mol. The lowest BCUT2D eigenvalue weighted by atomic mass is 10.2. The quantitative estimate of drug-likeness (QED) is 0.669. The van der Waals surface area contributed by atoms with E-state index in [0.717, 1.165) is 6.42 Å². The van der Waals surface area contributed by atoms with Crippen molar-refractivity contribution >= 4 is 23.5 Å². The monoisotopic (exact) mass is 294 g/mol. The second-order valence-electron chi connectivity index (χ2n) is 4.87. The zero-order chi connectivity index (χ0) is 14.4. The first kappa shape index (κ1) is 14.9. The standard InChI is InChI=1S/C15H19ClN2O2/c1-2-9-20-15(17-10-11-7-8-11)18-14(19)12-5-3-4-6-13(12)16/h3-6,11H,2,7-10H2,1H3,(H,17,18,19). The first-order valence-corrected chi connectivity index (χ1v) is 7.31. The number of halogens is 1. The molecule has 0 aliphatic heterocycles. The molecule has 5 heteroatoms. The predicted octanol–water partition coefficient (Wildman–Crippen LogP) is 3.26. The van der Waals surface area contributed by atoms with Gasteiger partial charge in [-0.3, -0.25) is 10.1 Å². The SMILES string of the molecule is CCCOC(=NCC1CC1)NC(=O)c1ccccc1Cl. The average Bonchev–Trinajstić information content (AvgIpc) is 3.26. The van der Waals surface area contributed by atoms with Crippen LogP contribution in [0.2, 0.25) is 5.02 Å². The van der Waals surface area contributed by atoms with Crippen LogP contribution < -0.4 is 5.32 Å². The Kier molecular flexibility index (Phi) is 5.41. The highest BCUT2D eigenvalue weighted by Gasteiger charge is 2.21. The molecule has 1 fully saturated rings. The maximum absolute atomic E-state index is 12.1. The van der Waals surface area contributed by atoms with Gasteiger partial charge in [-0.15, -0.1) is 0 Å².